The third-order valence-electron chi connectivity index (χ3n) is 5.38. The van der Waals surface area contributed by atoms with Gasteiger partial charge in [-0.2, -0.15) is 4.31 Å². The first-order chi connectivity index (χ1) is 16.3. The molecule has 0 fully saturated rings. The number of benzene rings is 1. The minimum Gasteiger partial charge on any atom is -0.469 e. The molecule has 0 aliphatic rings. The van der Waals surface area contributed by atoms with Crippen molar-refractivity contribution in [3.8, 4) is 11.3 Å². The Bertz CT molecular complexity index is 1260. The van der Waals surface area contributed by atoms with E-state index in [0.717, 1.165) is 5.56 Å². The Labute approximate surface area is 198 Å². The molecule has 1 N–H and O–H groups in total. The van der Waals surface area contributed by atoms with Crippen LogP contribution >= 0.6 is 0 Å². The lowest BCUT2D eigenvalue weighted by molar-refractivity contribution is -0.140. The van der Waals surface area contributed by atoms with Crippen molar-refractivity contribution in [2.45, 2.75) is 32.7 Å². The van der Waals surface area contributed by atoms with E-state index in [4.69, 9.17) is 4.42 Å². The van der Waals surface area contributed by atoms with Crippen molar-refractivity contribution in [3.05, 3.63) is 53.0 Å². The number of aryl methyl sites for hydroxylation is 1. The van der Waals surface area contributed by atoms with Gasteiger partial charge in [0.1, 0.15) is 11.6 Å². The van der Waals surface area contributed by atoms with Crippen molar-refractivity contribution in [1.82, 2.24) is 14.6 Å². The van der Waals surface area contributed by atoms with Crippen molar-refractivity contribution < 1.29 is 31.6 Å². The van der Waals surface area contributed by atoms with Crippen molar-refractivity contribution in [2.75, 3.05) is 20.7 Å². The number of hydrogen-bond donors (Lipinski definition) is 2. The summed E-state index contributed by atoms with van der Waals surface area (Å²) in [7, 11) is -0.155. The first kappa shape index (κ1) is 25.3. The van der Waals surface area contributed by atoms with E-state index in [1.54, 1.807) is 6.07 Å². The standard InChI is InChI=1S/C23H26FN3O6S/c1-4-14-12-17-20(22(29)25-2)21(15-7-9-16(24)10-8-15)33-23(17)26-18(14)13-27(34(30)31)11-5-6-19(28)32-3/h7-10,12,34H,4-6,11,13H2,1-3H3,(H,25,29). The van der Waals surface area contributed by atoms with Gasteiger partial charge in [-0.15, -0.1) is 0 Å². The predicted octanol–water partition coefficient (Wildman–Crippen LogP) is 2.84. The van der Waals surface area contributed by atoms with Crippen LogP contribution in [-0.2, 0) is 33.4 Å². The van der Waals surface area contributed by atoms with Crippen molar-refractivity contribution in [1.29, 1.82) is 0 Å². The second-order valence-electron chi connectivity index (χ2n) is 7.50. The van der Waals surface area contributed by atoms with Gasteiger partial charge in [0.25, 0.3) is 5.91 Å². The lowest BCUT2D eigenvalue weighted by Gasteiger charge is -2.16. The van der Waals surface area contributed by atoms with E-state index in [9.17, 15) is 22.4 Å². The van der Waals surface area contributed by atoms with E-state index < -0.39 is 22.7 Å². The lowest BCUT2D eigenvalue weighted by atomic mass is 10.0. The molecule has 9 nitrogen and oxygen atoms in total. The molecule has 0 spiro atoms. The Balaban J connectivity index is 2.04. The number of pyridine rings is 1. The summed E-state index contributed by atoms with van der Waals surface area (Å²) in [6, 6.07) is 7.31. The molecule has 0 aliphatic heterocycles. The zero-order valence-electron chi connectivity index (χ0n) is 19.1. The van der Waals surface area contributed by atoms with Crippen LogP contribution in [0.25, 0.3) is 22.4 Å². The van der Waals surface area contributed by atoms with Gasteiger partial charge in [0.2, 0.25) is 16.6 Å². The van der Waals surface area contributed by atoms with E-state index >= 15 is 0 Å². The number of rotatable bonds is 10. The molecular formula is C23H26FN3O6S. The lowest BCUT2D eigenvalue weighted by Crippen LogP contribution is -2.24. The number of thiol groups is 1. The molecule has 182 valence electrons. The highest BCUT2D eigenvalue weighted by molar-refractivity contribution is 7.69. The molecule has 11 heteroatoms. The second kappa shape index (κ2) is 11.2. The summed E-state index contributed by atoms with van der Waals surface area (Å²) in [5.74, 6) is -0.984. The average molecular weight is 492 g/mol. The fraction of sp³-hybridized carbons (Fsp3) is 0.348. The maximum absolute atomic E-state index is 13.4. The molecule has 2 heterocycles. The Kier molecular flexibility index (Phi) is 8.35. The number of ether oxygens (including phenoxy) is 1. The molecule has 2 aromatic heterocycles. The molecule has 1 aromatic carbocycles. The second-order valence-corrected chi connectivity index (χ2v) is 8.54. The average Bonchev–Trinajstić information content (AvgIpc) is 3.20. The fourth-order valence-electron chi connectivity index (χ4n) is 3.60. The number of carbonyl (C=O) groups excluding carboxylic acids is 2. The van der Waals surface area contributed by atoms with E-state index in [2.05, 4.69) is 15.0 Å². The molecule has 0 saturated heterocycles. The molecule has 0 radical (unpaired) electrons. The highest BCUT2D eigenvalue weighted by Crippen LogP contribution is 2.34. The molecule has 0 unspecified atom stereocenters. The first-order valence-electron chi connectivity index (χ1n) is 10.7. The molecule has 0 saturated carbocycles. The number of carbonyl (C=O) groups is 2. The van der Waals surface area contributed by atoms with E-state index in [-0.39, 0.29) is 42.5 Å². The van der Waals surface area contributed by atoms with Crippen LogP contribution in [0, 0.1) is 5.82 Å². The van der Waals surface area contributed by atoms with Crippen molar-refractivity contribution >= 4 is 33.9 Å². The van der Waals surface area contributed by atoms with Crippen molar-refractivity contribution in [2.24, 2.45) is 0 Å². The third kappa shape index (κ3) is 5.60. The molecule has 0 bridgehead atoms. The number of hydrogen-bond acceptors (Lipinski definition) is 7. The van der Waals surface area contributed by atoms with Gasteiger partial charge in [0.05, 0.1) is 30.3 Å². The Morgan fingerprint density at radius 1 is 1.24 bits per heavy atom. The molecule has 34 heavy (non-hydrogen) atoms. The van der Waals surface area contributed by atoms with Gasteiger partial charge in [-0.25, -0.2) is 17.8 Å². The maximum Gasteiger partial charge on any atom is 0.305 e. The zero-order valence-corrected chi connectivity index (χ0v) is 20.0. The maximum atomic E-state index is 13.4. The van der Waals surface area contributed by atoms with Crippen LogP contribution in [0.2, 0.25) is 0 Å². The molecule has 1 amide bonds. The summed E-state index contributed by atoms with van der Waals surface area (Å²) < 4.78 is 48.8. The third-order valence-corrected chi connectivity index (χ3v) is 6.18. The van der Waals surface area contributed by atoms with Crippen LogP contribution in [0.4, 0.5) is 4.39 Å². The number of methoxy groups -OCH3 is 1. The minimum atomic E-state index is -2.93. The van der Waals surface area contributed by atoms with Gasteiger partial charge >= 0.3 is 5.97 Å². The van der Waals surface area contributed by atoms with Gasteiger partial charge in [-0.1, -0.05) is 6.92 Å². The number of halogens is 1. The number of aromatic nitrogens is 1. The largest absolute Gasteiger partial charge is 0.469 e. The number of nitrogens with one attached hydrogen (secondary N) is 1. The molecule has 0 atom stereocenters. The predicted molar refractivity (Wildman–Crippen MR) is 124 cm³/mol. The topological polar surface area (TPSA) is 119 Å². The number of amides is 1. The number of nitrogens with zero attached hydrogens (tertiary/aromatic N) is 2. The van der Waals surface area contributed by atoms with Gasteiger partial charge in [-0.05, 0) is 48.7 Å². The monoisotopic (exact) mass is 491 g/mol. The summed E-state index contributed by atoms with van der Waals surface area (Å²) in [4.78, 5) is 28.6. The van der Waals surface area contributed by atoms with Gasteiger partial charge < -0.3 is 14.5 Å². The molecule has 3 rings (SSSR count). The minimum absolute atomic E-state index is 0.0130. The van der Waals surface area contributed by atoms with Gasteiger partial charge in [-0.3, -0.25) is 9.59 Å². The number of furan rings is 1. The van der Waals surface area contributed by atoms with Crippen LogP contribution in [0.1, 0.15) is 41.4 Å². The van der Waals surface area contributed by atoms with Crippen LogP contribution in [0.3, 0.4) is 0 Å². The summed E-state index contributed by atoms with van der Waals surface area (Å²) in [5, 5.41) is 3.07. The van der Waals surface area contributed by atoms with E-state index in [0.29, 0.717) is 29.5 Å². The molecular weight excluding hydrogens is 465 g/mol. The smallest absolute Gasteiger partial charge is 0.305 e. The van der Waals surface area contributed by atoms with Crippen molar-refractivity contribution in [3.63, 3.8) is 0 Å². The summed E-state index contributed by atoms with van der Waals surface area (Å²) in [5.41, 5.74) is 2.17. The van der Waals surface area contributed by atoms with Gasteiger partial charge in [0, 0.05) is 25.6 Å². The van der Waals surface area contributed by atoms with Crippen LogP contribution in [0.5, 0.6) is 0 Å². The molecule has 3 aromatic rings. The molecule has 0 aliphatic carbocycles. The van der Waals surface area contributed by atoms with Crippen LogP contribution in [-0.4, -0.2) is 50.3 Å². The summed E-state index contributed by atoms with van der Waals surface area (Å²) in [6.07, 6.45) is 0.933. The van der Waals surface area contributed by atoms with Gasteiger partial charge in [0.15, 0.2) is 0 Å². The Morgan fingerprint density at radius 3 is 2.53 bits per heavy atom. The van der Waals surface area contributed by atoms with E-state index in [1.807, 2.05) is 6.92 Å². The highest BCUT2D eigenvalue weighted by atomic mass is 32.2. The number of fused-ring (bicyclic) bond motifs is 1. The fourth-order valence-corrected chi connectivity index (χ4v) is 4.15. The Hall–Kier alpha value is -3.31. The normalized spacial score (nSPS) is 11.4. The Morgan fingerprint density at radius 2 is 1.94 bits per heavy atom. The van der Waals surface area contributed by atoms with Crippen LogP contribution < -0.4 is 5.32 Å². The van der Waals surface area contributed by atoms with E-state index in [1.165, 1.54) is 42.7 Å². The summed E-state index contributed by atoms with van der Waals surface area (Å²) >= 11 is 0. The first-order valence-corrected chi connectivity index (χ1v) is 11.8. The quantitative estimate of drug-likeness (QED) is 0.331. The SMILES string of the molecule is CCc1cc2c(C(=O)NC)c(-c3ccc(F)cc3)oc2nc1CN(CCCC(=O)OC)[SH](=O)=O. The highest BCUT2D eigenvalue weighted by Gasteiger charge is 2.24. The zero-order chi connectivity index (χ0) is 24.8. The van der Waals surface area contributed by atoms with Crippen LogP contribution in [0.15, 0.2) is 34.7 Å². The summed E-state index contributed by atoms with van der Waals surface area (Å²) in [6.45, 7) is 2.01. The number of esters is 1.